The number of hydrogen-bond acceptors (Lipinski definition) is 10. The van der Waals surface area contributed by atoms with Crippen molar-refractivity contribution in [3.05, 3.63) is 34.1 Å². The molecule has 0 spiro atoms. The van der Waals surface area contributed by atoms with Crippen LogP contribution in [0.5, 0.6) is 5.75 Å². The van der Waals surface area contributed by atoms with Gasteiger partial charge in [-0.15, -0.1) is 0 Å². The topological polar surface area (TPSA) is 150 Å². The van der Waals surface area contributed by atoms with Gasteiger partial charge in [0.05, 0.1) is 39.1 Å². The summed E-state index contributed by atoms with van der Waals surface area (Å²) < 4.78 is 4.57. The summed E-state index contributed by atoms with van der Waals surface area (Å²) in [5.74, 6) is -1.05. The van der Waals surface area contributed by atoms with Crippen molar-refractivity contribution in [2.24, 2.45) is 5.10 Å². The van der Waals surface area contributed by atoms with Crippen molar-refractivity contribution < 1.29 is 19.4 Å². The summed E-state index contributed by atoms with van der Waals surface area (Å²) in [6.07, 6.45) is 0.312. The molecule has 0 unspecified atom stereocenters. The zero-order valence-electron chi connectivity index (χ0n) is 17.1. The highest BCUT2D eigenvalue weighted by molar-refractivity contribution is 7.99. The third-order valence-electron chi connectivity index (χ3n) is 3.62. The van der Waals surface area contributed by atoms with Crippen molar-refractivity contribution in [2.75, 3.05) is 12.0 Å². The molecule has 2 amide bonds. The second-order valence-corrected chi connectivity index (χ2v) is 8.10. The average Bonchev–Trinajstić information content (AvgIpc) is 2.72. The average molecular weight is 497 g/mol. The number of nitrogens with one attached hydrogen (secondary N) is 2. The lowest BCUT2D eigenvalue weighted by Crippen LogP contribution is -2.36. The zero-order valence-corrected chi connectivity index (χ0v) is 19.5. The van der Waals surface area contributed by atoms with Crippen molar-refractivity contribution >= 4 is 58.4 Å². The normalized spacial score (nSPS) is 11.1. The van der Waals surface area contributed by atoms with Gasteiger partial charge in [-0.2, -0.15) is 10.4 Å². The van der Waals surface area contributed by atoms with E-state index in [2.05, 4.69) is 25.2 Å². The number of halogens is 2. The second kappa shape index (κ2) is 11.5. The monoisotopic (exact) mass is 496 g/mol. The first-order chi connectivity index (χ1) is 15.2. The number of aromatic nitrogens is 2. The number of ether oxygens (including phenoxy) is 1. The fourth-order valence-corrected chi connectivity index (χ4v) is 3.69. The second-order valence-electron chi connectivity index (χ2n) is 6.31. The Morgan fingerprint density at radius 1 is 1.34 bits per heavy atom. The van der Waals surface area contributed by atoms with Crippen LogP contribution >= 0.6 is 35.0 Å². The van der Waals surface area contributed by atoms with Gasteiger partial charge in [-0.3, -0.25) is 15.5 Å². The lowest BCUT2D eigenvalue weighted by atomic mass is 10.1. The molecule has 0 saturated carbocycles. The Morgan fingerprint density at radius 2 is 2.00 bits per heavy atom. The number of aromatic hydroxyl groups is 1. The Labute approximate surface area is 198 Å². The number of amides is 2. The van der Waals surface area contributed by atoms with E-state index in [9.17, 15) is 14.7 Å². The Morgan fingerprint density at radius 3 is 2.56 bits per heavy atom. The quantitative estimate of drug-likeness (QED) is 0.289. The molecule has 168 valence electrons. The maximum absolute atomic E-state index is 11.9. The highest BCUT2D eigenvalue weighted by atomic mass is 35.5. The largest absolute Gasteiger partial charge is 0.504 e. The third kappa shape index (κ3) is 6.71. The van der Waals surface area contributed by atoms with Gasteiger partial charge in [0.2, 0.25) is 5.71 Å². The molecule has 32 heavy (non-hydrogen) atoms. The molecular weight excluding hydrogens is 479 g/mol. The molecule has 0 fully saturated rings. The zero-order chi connectivity index (χ0) is 23.8. The van der Waals surface area contributed by atoms with E-state index in [0.29, 0.717) is 15.7 Å². The lowest BCUT2D eigenvalue weighted by molar-refractivity contribution is -0.114. The molecule has 0 atom stereocenters. The Bertz CT molecular complexity index is 1080. The fourth-order valence-electron chi connectivity index (χ4n) is 2.23. The van der Waals surface area contributed by atoms with E-state index in [-0.39, 0.29) is 34.0 Å². The van der Waals surface area contributed by atoms with E-state index >= 15 is 0 Å². The predicted molar refractivity (Wildman–Crippen MR) is 120 cm³/mol. The first-order valence-corrected chi connectivity index (χ1v) is 10.7. The van der Waals surface area contributed by atoms with Crippen LogP contribution in [0.1, 0.15) is 32.4 Å². The van der Waals surface area contributed by atoms with E-state index in [0.717, 1.165) is 11.8 Å². The van der Waals surface area contributed by atoms with Crippen LogP contribution in [0, 0.1) is 11.3 Å². The smallest absolute Gasteiger partial charge is 0.414 e. The molecule has 0 radical (unpaired) electrons. The van der Waals surface area contributed by atoms with Crippen molar-refractivity contribution in [1.29, 1.82) is 5.26 Å². The van der Waals surface area contributed by atoms with Gasteiger partial charge in [0, 0.05) is 0 Å². The van der Waals surface area contributed by atoms with Crippen LogP contribution in [-0.2, 0) is 9.53 Å². The summed E-state index contributed by atoms with van der Waals surface area (Å²) >= 11 is 13.8. The van der Waals surface area contributed by atoms with E-state index in [4.69, 9.17) is 28.5 Å². The van der Waals surface area contributed by atoms with Gasteiger partial charge in [0.15, 0.2) is 10.9 Å². The number of imide groups is 1. The van der Waals surface area contributed by atoms with Crippen molar-refractivity contribution in [3.8, 4) is 11.8 Å². The molecule has 13 heteroatoms. The molecule has 0 bridgehead atoms. The number of nitriles is 1. The van der Waals surface area contributed by atoms with Crippen LogP contribution in [0.2, 0.25) is 10.0 Å². The number of alkyl carbamates (subject to hydrolysis) is 1. The maximum Gasteiger partial charge on any atom is 0.414 e. The number of rotatable bonds is 7. The molecule has 0 aliphatic rings. The molecule has 0 saturated heterocycles. The van der Waals surface area contributed by atoms with Crippen LogP contribution in [0.4, 0.5) is 10.5 Å². The number of hydrazone groups is 1. The van der Waals surface area contributed by atoms with Crippen LogP contribution in [0.3, 0.4) is 0 Å². The molecular formula is C19H18Cl2N6O4S. The third-order valence-corrected chi connectivity index (χ3v) is 5.47. The first-order valence-electron chi connectivity index (χ1n) is 9.10. The van der Waals surface area contributed by atoms with Crippen LogP contribution in [-0.4, -0.2) is 39.4 Å². The van der Waals surface area contributed by atoms with E-state index in [1.54, 1.807) is 13.0 Å². The molecule has 2 rings (SSSR count). The molecule has 1 aromatic carbocycles. The summed E-state index contributed by atoms with van der Waals surface area (Å²) in [5.41, 5.74) is 2.67. The summed E-state index contributed by atoms with van der Waals surface area (Å²) in [7, 11) is 0. The Balaban J connectivity index is 2.19. The van der Waals surface area contributed by atoms with Gasteiger partial charge in [-0.1, -0.05) is 37.0 Å². The number of anilines is 1. The summed E-state index contributed by atoms with van der Waals surface area (Å²) in [6, 6.07) is 4.52. The fraction of sp³-hybridized carbons (Fsp3) is 0.263. The summed E-state index contributed by atoms with van der Waals surface area (Å²) in [5, 5.41) is 25.3. The summed E-state index contributed by atoms with van der Waals surface area (Å²) in [6.45, 7) is 5.41. The highest BCUT2D eigenvalue weighted by Gasteiger charge is 2.17. The Hall–Kier alpha value is -3.07. The minimum atomic E-state index is -1.03. The van der Waals surface area contributed by atoms with Gasteiger partial charge in [-0.25, -0.2) is 14.8 Å². The van der Waals surface area contributed by atoms with Crippen molar-refractivity contribution in [3.63, 3.8) is 0 Å². The number of carbonyl (C=O) groups excluding carboxylic acids is 2. The molecule has 1 heterocycles. The van der Waals surface area contributed by atoms with Gasteiger partial charge in [0.1, 0.15) is 6.07 Å². The first kappa shape index (κ1) is 25.2. The molecule has 0 aliphatic carbocycles. The van der Waals surface area contributed by atoms with Crippen molar-refractivity contribution in [2.45, 2.75) is 36.7 Å². The van der Waals surface area contributed by atoms with E-state index in [1.165, 1.54) is 18.3 Å². The summed E-state index contributed by atoms with van der Waals surface area (Å²) in [4.78, 5) is 32.0. The Kier molecular flexibility index (Phi) is 9.07. The van der Waals surface area contributed by atoms with Gasteiger partial charge >= 0.3 is 6.09 Å². The number of nitrogens with zero attached hydrogens (tertiary/aromatic N) is 4. The van der Waals surface area contributed by atoms with Crippen LogP contribution < -0.4 is 10.7 Å². The van der Waals surface area contributed by atoms with E-state index in [1.807, 2.05) is 19.2 Å². The standard InChI is InChI=1S/C19H18Cl2N6O4S/c1-4-31-19(30)25-17(29)13(7-22)27-26-10-5-11(20)16(12(21)6-10)32-18-23-8-14(28)15(24-18)9(2)3/h5-6,8-9,26,28H,4H2,1-3H3,(H,25,29,30)/b27-13+. The SMILES string of the molecule is CCOC(=O)NC(=O)/C(C#N)=N/Nc1cc(Cl)c(Sc2ncc(O)c(C(C)C)n2)c(Cl)c1. The van der Waals surface area contributed by atoms with E-state index < -0.39 is 17.7 Å². The van der Waals surface area contributed by atoms with Gasteiger partial charge in [0.25, 0.3) is 5.91 Å². The molecule has 10 nitrogen and oxygen atoms in total. The number of benzene rings is 1. The number of hydrogen-bond donors (Lipinski definition) is 3. The molecule has 3 N–H and O–H groups in total. The maximum atomic E-state index is 11.9. The lowest BCUT2D eigenvalue weighted by Gasteiger charge is -2.11. The molecule has 0 aliphatic heterocycles. The minimum Gasteiger partial charge on any atom is -0.504 e. The van der Waals surface area contributed by atoms with Gasteiger partial charge in [-0.05, 0) is 36.7 Å². The minimum absolute atomic E-state index is 0.000700. The van der Waals surface area contributed by atoms with Crippen molar-refractivity contribution in [1.82, 2.24) is 15.3 Å². The number of carbonyl (C=O) groups is 2. The highest BCUT2D eigenvalue weighted by Crippen LogP contribution is 2.40. The van der Waals surface area contributed by atoms with Crippen LogP contribution in [0.15, 0.2) is 33.5 Å². The van der Waals surface area contributed by atoms with Gasteiger partial charge < -0.3 is 9.84 Å². The van der Waals surface area contributed by atoms with Crippen LogP contribution in [0.25, 0.3) is 0 Å². The molecule has 2 aromatic rings. The molecule has 1 aromatic heterocycles. The predicted octanol–water partition coefficient (Wildman–Crippen LogP) is 4.33.